The van der Waals surface area contributed by atoms with Gasteiger partial charge in [-0.05, 0) is 56.8 Å². The zero-order valence-electron chi connectivity index (χ0n) is 16.2. The Hall–Kier alpha value is -2.42. The molecule has 0 heterocycles. The van der Waals surface area contributed by atoms with Crippen molar-refractivity contribution >= 4 is 21.6 Å². The van der Waals surface area contributed by atoms with Crippen molar-refractivity contribution in [3.63, 3.8) is 0 Å². The van der Waals surface area contributed by atoms with Gasteiger partial charge in [0, 0.05) is 23.8 Å². The van der Waals surface area contributed by atoms with E-state index in [1.807, 2.05) is 43.3 Å². The number of ether oxygens (including phenoxy) is 1. The van der Waals surface area contributed by atoms with Gasteiger partial charge in [0.2, 0.25) is 10.0 Å². The number of methoxy groups -OCH3 is 1. The number of carbonyl (C=O) groups is 1. The lowest BCUT2D eigenvalue weighted by molar-refractivity contribution is 0.102. The Morgan fingerprint density at radius 3 is 2.54 bits per heavy atom. The molecule has 3 rings (SSSR count). The maximum Gasteiger partial charge on any atom is 0.255 e. The van der Waals surface area contributed by atoms with E-state index < -0.39 is 10.0 Å². The Morgan fingerprint density at radius 1 is 1.18 bits per heavy atom. The van der Waals surface area contributed by atoms with Crippen LogP contribution in [0.1, 0.15) is 28.8 Å². The van der Waals surface area contributed by atoms with Crippen molar-refractivity contribution in [3.8, 4) is 5.75 Å². The maximum atomic E-state index is 12.8. The SMILES string of the molecule is COc1ccc(C(=O)Nc2ccccc2CN(C)C)cc1S(=O)(=O)NC1CC1. The second-order valence-electron chi connectivity index (χ2n) is 7.11. The van der Waals surface area contributed by atoms with Crippen LogP contribution in [0.5, 0.6) is 5.75 Å². The van der Waals surface area contributed by atoms with Crippen LogP contribution in [0.15, 0.2) is 47.4 Å². The van der Waals surface area contributed by atoms with Crippen molar-refractivity contribution in [3.05, 3.63) is 53.6 Å². The Kier molecular flexibility index (Phi) is 6.02. The van der Waals surface area contributed by atoms with Crippen LogP contribution in [-0.4, -0.2) is 46.5 Å². The van der Waals surface area contributed by atoms with Crippen LogP contribution in [0.25, 0.3) is 0 Å². The third kappa shape index (κ3) is 4.89. The van der Waals surface area contributed by atoms with Gasteiger partial charge in [-0.1, -0.05) is 18.2 Å². The molecule has 0 spiro atoms. The summed E-state index contributed by atoms with van der Waals surface area (Å²) in [4.78, 5) is 14.8. The quantitative estimate of drug-likeness (QED) is 0.707. The molecule has 0 radical (unpaired) electrons. The highest BCUT2D eigenvalue weighted by Gasteiger charge is 2.30. The third-order valence-electron chi connectivity index (χ3n) is 4.37. The fraction of sp³-hybridized carbons (Fsp3) is 0.350. The van der Waals surface area contributed by atoms with Crippen molar-refractivity contribution in [2.75, 3.05) is 26.5 Å². The minimum atomic E-state index is -3.75. The molecule has 1 aliphatic rings. The Morgan fingerprint density at radius 2 is 1.89 bits per heavy atom. The van der Waals surface area contributed by atoms with E-state index in [0.717, 1.165) is 18.4 Å². The fourth-order valence-electron chi connectivity index (χ4n) is 2.83. The smallest absolute Gasteiger partial charge is 0.255 e. The van der Waals surface area contributed by atoms with Crippen LogP contribution in [0.4, 0.5) is 5.69 Å². The van der Waals surface area contributed by atoms with E-state index in [4.69, 9.17) is 4.74 Å². The molecule has 2 aromatic carbocycles. The number of benzene rings is 2. The molecule has 150 valence electrons. The minimum absolute atomic E-state index is 0.0314. The number of rotatable bonds is 8. The van der Waals surface area contributed by atoms with Gasteiger partial charge >= 0.3 is 0 Å². The number of sulfonamides is 1. The normalized spacial score (nSPS) is 14.1. The molecule has 0 aromatic heterocycles. The van der Waals surface area contributed by atoms with Gasteiger partial charge in [-0.25, -0.2) is 13.1 Å². The summed E-state index contributed by atoms with van der Waals surface area (Å²) in [5.74, 6) is -0.172. The summed E-state index contributed by atoms with van der Waals surface area (Å²) in [7, 11) is 1.55. The lowest BCUT2D eigenvalue weighted by atomic mass is 10.1. The van der Waals surface area contributed by atoms with Crippen LogP contribution in [-0.2, 0) is 16.6 Å². The van der Waals surface area contributed by atoms with E-state index >= 15 is 0 Å². The highest BCUT2D eigenvalue weighted by molar-refractivity contribution is 7.89. The summed E-state index contributed by atoms with van der Waals surface area (Å²) in [5.41, 5.74) is 1.91. The van der Waals surface area contributed by atoms with E-state index in [1.165, 1.54) is 19.2 Å². The lowest BCUT2D eigenvalue weighted by Gasteiger charge is -2.16. The van der Waals surface area contributed by atoms with Gasteiger partial charge in [0.15, 0.2) is 0 Å². The molecule has 8 heteroatoms. The van der Waals surface area contributed by atoms with Crippen molar-refractivity contribution in [1.29, 1.82) is 0 Å². The number of anilines is 1. The molecule has 0 aliphatic heterocycles. The summed E-state index contributed by atoms with van der Waals surface area (Å²) in [6.07, 6.45) is 1.65. The van der Waals surface area contributed by atoms with E-state index in [-0.39, 0.29) is 28.2 Å². The molecule has 0 atom stereocenters. The molecule has 2 N–H and O–H groups in total. The number of amides is 1. The van der Waals surface area contributed by atoms with Crippen molar-refractivity contribution in [2.24, 2.45) is 0 Å². The van der Waals surface area contributed by atoms with Gasteiger partial charge in [0.25, 0.3) is 5.91 Å². The second kappa shape index (κ2) is 8.30. The summed E-state index contributed by atoms with van der Waals surface area (Å²) >= 11 is 0. The number of hydrogen-bond acceptors (Lipinski definition) is 5. The number of hydrogen-bond donors (Lipinski definition) is 2. The van der Waals surface area contributed by atoms with Gasteiger partial charge in [0.1, 0.15) is 10.6 Å². The number of nitrogens with zero attached hydrogens (tertiary/aromatic N) is 1. The highest BCUT2D eigenvalue weighted by atomic mass is 32.2. The van der Waals surface area contributed by atoms with Crippen molar-refractivity contribution in [1.82, 2.24) is 9.62 Å². The first-order valence-corrected chi connectivity index (χ1v) is 10.5. The topological polar surface area (TPSA) is 87.7 Å². The lowest BCUT2D eigenvalue weighted by Crippen LogP contribution is -2.26. The number of para-hydroxylation sites is 1. The van der Waals surface area contributed by atoms with Crippen LogP contribution in [0.3, 0.4) is 0 Å². The molecule has 7 nitrogen and oxygen atoms in total. The molecule has 28 heavy (non-hydrogen) atoms. The molecule has 1 aliphatic carbocycles. The molecule has 0 bridgehead atoms. The molecule has 1 saturated carbocycles. The number of nitrogens with one attached hydrogen (secondary N) is 2. The second-order valence-corrected chi connectivity index (χ2v) is 8.79. The van der Waals surface area contributed by atoms with Gasteiger partial charge in [-0.15, -0.1) is 0 Å². The summed E-state index contributed by atoms with van der Waals surface area (Å²) in [6, 6.07) is 11.9. The van der Waals surface area contributed by atoms with E-state index in [1.54, 1.807) is 6.07 Å². The Labute approximate surface area is 165 Å². The summed E-state index contributed by atoms with van der Waals surface area (Å²) in [5, 5.41) is 2.88. The predicted molar refractivity (Wildman–Crippen MR) is 108 cm³/mol. The molecule has 0 unspecified atom stereocenters. The largest absolute Gasteiger partial charge is 0.495 e. The first-order valence-electron chi connectivity index (χ1n) is 9.04. The molecular weight excluding hydrogens is 378 g/mol. The summed E-state index contributed by atoms with van der Waals surface area (Å²) in [6.45, 7) is 0.671. The third-order valence-corrected chi connectivity index (χ3v) is 5.91. The highest BCUT2D eigenvalue weighted by Crippen LogP contribution is 2.29. The van der Waals surface area contributed by atoms with E-state index in [2.05, 4.69) is 10.0 Å². The van der Waals surface area contributed by atoms with Crippen LogP contribution in [0.2, 0.25) is 0 Å². The van der Waals surface area contributed by atoms with Gasteiger partial charge in [-0.3, -0.25) is 4.79 Å². The van der Waals surface area contributed by atoms with Crippen molar-refractivity contribution < 1.29 is 17.9 Å². The first-order chi connectivity index (χ1) is 13.3. The van der Waals surface area contributed by atoms with Gasteiger partial charge in [-0.2, -0.15) is 0 Å². The zero-order chi connectivity index (χ0) is 20.3. The first kappa shape index (κ1) is 20.3. The van der Waals surface area contributed by atoms with Gasteiger partial charge in [0.05, 0.1) is 7.11 Å². The molecular formula is C20H25N3O4S. The van der Waals surface area contributed by atoms with E-state index in [0.29, 0.717) is 12.2 Å². The molecule has 2 aromatic rings. The average molecular weight is 404 g/mol. The zero-order valence-corrected chi connectivity index (χ0v) is 17.0. The Balaban J connectivity index is 1.88. The maximum absolute atomic E-state index is 12.8. The molecule has 0 saturated heterocycles. The van der Waals surface area contributed by atoms with Crippen molar-refractivity contribution in [2.45, 2.75) is 30.3 Å². The minimum Gasteiger partial charge on any atom is -0.495 e. The van der Waals surface area contributed by atoms with Crippen LogP contribution < -0.4 is 14.8 Å². The molecule has 1 amide bonds. The summed E-state index contributed by atoms with van der Waals surface area (Å²) < 4.78 is 33.1. The monoisotopic (exact) mass is 403 g/mol. The average Bonchev–Trinajstić information content (AvgIpc) is 3.45. The fourth-order valence-corrected chi connectivity index (χ4v) is 4.33. The predicted octanol–water partition coefficient (Wildman–Crippen LogP) is 2.45. The number of carbonyl (C=O) groups excluding carboxylic acids is 1. The van der Waals surface area contributed by atoms with E-state index in [9.17, 15) is 13.2 Å². The Bertz CT molecular complexity index is 969. The van der Waals surface area contributed by atoms with Crippen LogP contribution in [0, 0.1) is 0 Å². The van der Waals surface area contributed by atoms with Gasteiger partial charge < -0.3 is 15.0 Å². The molecule has 1 fully saturated rings. The van der Waals surface area contributed by atoms with Crippen LogP contribution >= 0.6 is 0 Å². The standard InChI is InChI=1S/C20H25N3O4S/c1-23(2)13-15-6-4-5-7-17(15)21-20(24)14-8-11-18(27-3)19(12-14)28(25,26)22-16-9-10-16/h4-8,11-12,16,22H,9-10,13H2,1-3H3,(H,21,24).